The van der Waals surface area contributed by atoms with Gasteiger partial charge >= 0.3 is 6.18 Å². The second kappa shape index (κ2) is 11.0. The highest BCUT2D eigenvalue weighted by Gasteiger charge is 2.31. The summed E-state index contributed by atoms with van der Waals surface area (Å²) in [5, 5.41) is 3.56. The van der Waals surface area contributed by atoms with Crippen LogP contribution in [0.3, 0.4) is 0 Å². The van der Waals surface area contributed by atoms with Crippen molar-refractivity contribution in [2.75, 3.05) is 32.8 Å². The van der Waals surface area contributed by atoms with Gasteiger partial charge in [-0.1, -0.05) is 66.0 Å². The van der Waals surface area contributed by atoms with Crippen LogP contribution in [0.2, 0.25) is 0 Å². The zero-order chi connectivity index (χ0) is 23.1. The van der Waals surface area contributed by atoms with E-state index in [0.717, 1.165) is 31.9 Å². The van der Waals surface area contributed by atoms with Gasteiger partial charge in [0.2, 0.25) is 0 Å². The molecule has 2 aromatic rings. The van der Waals surface area contributed by atoms with E-state index in [1.54, 1.807) is 6.07 Å². The Morgan fingerprint density at radius 1 is 1.06 bits per heavy atom. The topological polar surface area (TPSA) is 24.5 Å². The average Bonchev–Trinajstić information content (AvgIpc) is 2.90. The fourth-order valence-corrected chi connectivity index (χ4v) is 4.34. The summed E-state index contributed by atoms with van der Waals surface area (Å²) in [5.74, 6) is 6.47. The van der Waals surface area contributed by atoms with Gasteiger partial charge in [0.05, 0.1) is 18.8 Å². The van der Waals surface area contributed by atoms with Gasteiger partial charge in [-0.05, 0) is 29.2 Å². The highest BCUT2D eigenvalue weighted by Crippen LogP contribution is 2.30. The summed E-state index contributed by atoms with van der Waals surface area (Å²) in [6, 6.07) is 14.2. The van der Waals surface area contributed by atoms with E-state index in [2.05, 4.69) is 52.4 Å². The molecule has 6 heteroatoms. The van der Waals surface area contributed by atoms with Crippen LogP contribution in [0, 0.1) is 11.8 Å². The van der Waals surface area contributed by atoms with Gasteiger partial charge in [0.1, 0.15) is 0 Å². The van der Waals surface area contributed by atoms with Crippen molar-refractivity contribution >= 4 is 0 Å². The first-order valence-corrected chi connectivity index (χ1v) is 11.4. The van der Waals surface area contributed by atoms with Gasteiger partial charge in [-0.25, -0.2) is 0 Å². The molecule has 1 saturated heterocycles. The molecule has 4 rings (SSSR count). The van der Waals surface area contributed by atoms with E-state index in [1.807, 2.05) is 0 Å². The Morgan fingerprint density at radius 2 is 1.91 bits per heavy atom. The molecule has 0 radical (unpaired) electrons. The quantitative estimate of drug-likeness (QED) is 0.510. The molecule has 2 aliphatic rings. The number of halogens is 3. The number of ether oxygens (including phenoxy) is 1. The third-order valence-corrected chi connectivity index (χ3v) is 6.15. The predicted molar refractivity (Wildman–Crippen MR) is 124 cm³/mol. The normalized spacial score (nSPS) is 20.9. The first-order valence-electron chi connectivity index (χ1n) is 11.4. The molecule has 2 aromatic carbocycles. The van der Waals surface area contributed by atoms with Crippen molar-refractivity contribution in [2.24, 2.45) is 0 Å². The second-order valence-corrected chi connectivity index (χ2v) is 8.57. The van der Waals surface area contributed by atoms with Crippen LogP contribution in [0.5, 0.6) is 0 Å². The van der Waals surface area contributed by atoms with Crippen molar-refractivity contribution in [1.82, 2.24) is 10.2 Å². The Morgan fingerprint density at radius 3 is 2.76 bits per heavy atom. The lowest BCUT2D eigenvalue weighted by Crippen LogP contribution is -2.50. The van der Waals surface area contributed by atoms with Crippen molar-refractivity contribution in [3.8, 4) is 11.8 Å². The van der Waals surface area contributed by atoms with Gasteiger partial charge < -0.3 is 10.1 Å². The number of allylic oxidation sites excluding steroid dienone is 1. The van der Waals surface area contributed by atoms with Gasteiger partial charge in [-0.3, -0.25) is 4.90 Å². The summed E-state index contributed by atoms with van der Waals surface area (Å²) in [6.07, 6.45) is 0.310. The third kappa shape index (κ3) is 6.70. The molecule has 1 N–H and O–H groups in total. The minimum absolute atomic E-state index is 0.109. The molecule has 0 bridgehead atoms. The van der Waals surface area contributed by atoms with Crippen LogP contribution in [0.1, 0.15) is 28.7 Å². The monoisotopic (exact) mass is 454 g/mol. The first kappa shape index (κ1) is 23.6. The fraction of sp³-hybridized carbons (Fsp3) is 0.407. The number of hydrogen-bond acceptors (Lipinski definition) is 3. The van der Waals surface area contributed by atoms with E-state index in [1.165, 1.54) is 28.8 Å². The summed E-state index contributed by atoms with van der Waals surface area (Å²) in [4.78, 5) is 2.21. The van der Waals surface area contributed by atoms with Gasteiger partial charge in [-0.15, -0.1) is 0 Å². The molecular formula is C27H29F3N2O. The Bertz CT molecular complexity index is 1040. The van der Waals surface area contributed by atoms with Crippen molar-refractivity contribution in [2.45, 2.75) is 38.0 Å². The van der Waals surface area contributed by atoms with E-state index < -0.39 is 11.7 Å². The van der Waals surface area contributed by atoms with E-state index in [9.17, 15) is 13.2 Å². The van der Waals surface area contributed by atoms with Crippen molar-refractivity contribution < 1.29 is 17.9 Å². The molecule has 0 saturated carbocycles. The molecule has 1 unspecified atom stereocenters. The lowest BCUT2D eigenvalue weighted by Gasteiger charge is -2.36. The van der Waals surface area contributed by atoms with Crippen LogP contribution in [0.25, 0.3) is 0 Å². The number of alkyl halides is 3. The van der Waals surface area contributed by atoms with Crippen LogP contribution in [-0.4, -0.2) is 43.8 Å². The maximum absolute atomic E-state index is 13.1. The summed E-state index contributed by atoms with van der Waals surface area (Å²) in [5.41, 5.74) is 3.98. The molecule has 0 spiro atoms. The number of nitrogens with zero attached hydrogens (tertiary/aromatic N) is 1. The summed E-state index contributed by atoms with van der Waals surface area (Å²) < 4.78 is 44.9. The van der Waals surface area contributed by atoms with Crippen LogP contribution < -0.4 is 5.32 Å². The molecule has 0 aromatic heterocycles. The maximum Gasteiger partial charge on any atom is 0.416 e. The first-order chi connectivity index (χ1) is 16.0. The van der Waals surface area contributed by atoms with Gasteiger partial charge in [0.15, 0.2) is 0 Å². The smallest absolute Gasteiger partial charge is 0.378 e. The standard InChI is InChI=1S/C27H29F3N2O/c28-27(29,30)25-12-6-8-22(16-25)19-32-13-14-33-20-26(32)18-31-17-21-7-2-1-3-9-23-10-4-5-11-24(23)15-21/h4-8,10-12,16,26,31H,2,9,13-15,17-20H2/b21-7+. The highest BCUT2D eigenvalue weighted by molar-refractivity contribution is 5.35. The van der Waals surface area contributed by atoms with Crippen LogP contribution in [-0.2, 0) is 30.3 Å². The molecule has 1 heterocycles. The van der Waals surface area contributed by atoms with Crippen molar-refractivity contribution in [3.05, 3.63) is 82.4 Å². The summed E-state index contributed by atoms with van der Waals surface area (Å²) in [6.45, 7) is 3.81. The van der Waals surface area contributed by atoms with E-state index >= 15 is 0 Å². The number of nitrogens with one attached hydrogen (secondary N) is 1. The Balaban J connectivity index is 1.36. The minimum Gasteiger partial charge on any atom is -0.378 e. The van der Waals surface area contributed by atoms with Crippen LogP contribution in [0.4, 0.5) is 13.2 Å². The molecular weight excluding hydrogens is 425 g/mol. The fourth-order valence-electron chi connectivity index (χ4n) is 4.34. The molecule has 1 fully saturated rings. The second-order valence-electron chi connectivity index (χ2n) is 8.57. The lowest BCUT2D eigenvalue weighted by atomic mass is 9.98. The summed E-state index contributed by atoms with van der Waals surface area (Å²) in [7, 11) is 0. The van der Waals surface area contributed by atoms with Gasteiger partial charge in [-0.2, -0.15) is 13.2 Å². The van der Waals surface area contributed by atoms with E-state index in [4.69, 9.17) is 4.74 Å². The number of benzene rings is 2. The van der Waals surface area contributed by atoms with Crippen molar-refractivity contribution in [1.29, 1.82) is 0 Å². The molecule has 1 aliphatic carbocycles. The highest BCUT2D eigenvalue weighted by atomic mass is 19.4. The van der Waals surface area contributed by atoms with Crippen LogP contribution in [0.15, 0.2) is 60.2 Å². The molecule has 1 aliphatic heterocycles. The van der Waals surface area contributed by atoms with Gasteiger partial charge in [0.25, 0.3) is 0 Å². The zero-order valence-corrected chi connectivity index (χ0v) is 18.6. The zero-order valence-electron chi connectivity index (χ0n) is 18.6. The summed E-state index contributed by atoms with van der Waals surface area (Å²) >= 11 is 0. The Kier molecular flexibility index (Phi) is 7.87. The van der Waals surface area contributed by atoms with E-state index in [0.29, 0.717) is 38.4 Å². The largest absolute Gasteiger partial charge is 0.416 e. The number of rotatable bonds is 6. The maximum atomic E-state index is 13.1. The number of fused-ring (bicyclic) bond motifs is 1. The Labute approximate surface area is 193 Å². The predicted octanol–water partition coefficient (Wildman–Crippen LogP) is 4.61. The Hall–Kier alpha value is -2.59. The van der Waals surface area contributed by atoms with E-state index in [-0.39, 0.29) is 6.04 Å². The molecule has 33 heavy (non-hydrogen) atoms. The lowest BCUT2D eigenvalue weighted by molar-refractivity contribution is -0.137. The molecule has 3 nitrogen and oxygen atoms in total. The molecule has 174 valence electrons. The third-order valence-electron chi connectivity index (χ3n) is 6.15. The van der Waals surface area contributed by atoms with Crippen LogP contribution >= 0.6 is 0 Å². The molecule has 0 amide bonds. The van der Waals surface area contributed by atoms with Crippen molar-refractivity contribution in [3.63, 3.8) is 0 Å². The average molecular weight is 455 g/mol. The number of hydrogen-bond donors (Lipinski definition) is 1. The van der Waals surface area contributed by atoms with Gasteiger partial charge in [0, 0.05) is 45.1 Å². The minimum atomic E-state index is -4.32. The molecule has 1 atom stereocenters. The SMILES string of the molecule is FC(F)(F)c1cccc(CN2CCOCC2CNC/C2=C/CC#CCc3ccccc3C2)c1. The number of morpholine rings is 1.